The number of anilines is 1. The third kappa shape index (κ3) is 4.64. The first-order valence-electron chi connectivity index (χ1n) is 8.30. The van der Waals surface area contributed by atoms with Crippen molar-refractivity contribution in [3.05, 3.63) is 28.2 Å². The lowest BCUT2D eigenvalue weighted by Crippen LogP contribution is -2.46. The molecule has 0 saturated carbocycles. The smallest absolute Gasteiger partial charge is 0.342 e. The molecule has 0 atom stereocenters. The molecule has 0 radical (unpaired) electrons. The number of nitrogens with zero attached hydrogens (tertiary/aromatic N) is 1. The monoisotopic (exact) mass is 373 g/mol. The van der Waals surface area contributed by atoms with E-state index < -0.39 is 40.2 Å². The predicted molar refractivity (Wildman–Crippen MR) is 89.5 cm³/mol. The number of likely N-dealkylation sites (tertiary alicyclic amines) is 1. The molecule has 0 unspecified atom stereocenters. The van der Waals surface area contributed by atoms with Gasteiger partial charge in [0.15, 0.2) is 0 Å². The molecule has 144 valence electrons. The van der Waals surface area contributed by atoms with Gasteiger partial charge in [-0.1, -0.05) is 20.8 Å². The normalized spacial score (nSPS) is 16.5. The van der Waals surface area contributed by atoms with E-state index in [9.17, 15) is 27.6 Å². The molecular weight excluding hydrogens is 351 g/mol. The van der Waals surface area contributed by atoms with Crippen LogP contribution in [0.25, 0.3) is 0 Å². The van der Waals surface area contributed by atoms with E-state index in [0.717, 1.165) is 0 Å². The third-order valence-corrected chi connectivity index (χ3v) is 4.28. The van der Waals surface area contributed by atoms with E-state index >= 15 is 0 Å². The van der Waals surface area contributed by atoms with E-state index in [1.807, 2.05) is 25.8 Å². The van der Waals surface area contributed by atoms with Gasteiger partial charge in [-0.3, -0.25) is 14.4 Å². The van der Waals surface area contributed by atoms with Crippen LogP contribution in [-0.4, -0.2) is 34.8 Å². The van der Waals surface area contributed by atoms with E-state index in [1.165, 1.54) is 0 Å². The number of pyridine rings is 1. The Hall–Kier alpha value is -2.32. The molecule has 9 heteroatoms. The molecule has 1 aliphatic heterocycles. The number of carbonyl (C=O) groups excluding carboxylic acids is 2. The summed E-state index contributed by atoms with van der Waals surface area (Å²) in [6.07, 6.45) is -3.27. The van der Waals surface area contributed by atoms with E-state index in [1.54, 1.807) is 4.90 Å². The number of carbonyl (C=O) groups is 2. The van der Waals surface area contributed by atoms with Gasteiger partial charge in [-0.2, -0.15) is 13.2 Å². The number of halogens is 3. The molecule has 26 heavy (non-hydrogen) atoms. The summed E-state index contributed by atoms with van der Waals surface area (Å²) in [5, 5.41) is 2.28. The standard InChI is InChI=1S/C17H22F3N3O3/c1-16(2,3)15(26)23-6-4-10(5-7-23)13(24)22-12-8-11(17(18,19)20)9-21-14(12)25/h8-10H,4-7H2,1-3H3,(H,21,25)(H,22,24). The molecule has 0 aliphatic carbocycles. The topological polar surface area (TPSA) is 82.3 Å². The lowest BCUT2D eigenvalue weighted by molar-refractivity contribution is -0.142. The number of alkyl halides is 3. The zero-order valence-corrected chi connectivity index (χ0v) is 14.9. The van der Waals surface area contributed by atoms with Crippen molar-refractivity contribution in [3.63, 3.8) is 0 Å². The van der Waals surface area contributed by atoms with Crippen LogP contribution in [0.2, 0.25) is 0 Å². The summed E-state index contributed by atoms with van der Waals surface area (Å²) in [6, 6.07) is 0.620. The first-order valence-corrected chi connectivity index (χ1v) is 8.30. The number of aromatic nitrogens is 1. The summed E-state index contributed by atoms with van der Waals surface area (Å²) in [7, 11) is 0. The van der Waals surface area contributed by atoms with E-state index in [0.29, 0.717) is 38.2 Å². The fourth-order valence-corrected chi connectivity index (χ4v) is 2.79. The molecule has 6 nitrogen and oxygen atoms in total. The van der Waals surface area contributed by atoms with Crippen LogP contribution in [0.4, 0.5) is 18.9 Å². The van der Waals surface area contributed by atoms with Crippen LogP contribution >= 0.6 is 0 Å². The van der Waals surface area contributed by atoms with Gasteiger partial charge in [0.1, 0.15) is 5.69 Å². The van der Waals surface area contributed by atoms with Crippen molar-refractivity contribution in [2.24, 2.45) is 11.3 Å². The molecule has 1 saturated heterocycles. The number of amides is 2. The van der Waals surface area contributed by atoms with Crippen molar-refractivity contribution >= 4 is 17.5 Å². The van der Waals surface area contributed by atoms with Crippen LogP contribution in [-0.2, 0) is 15.8 Å². The van der Waals surface area contributed by atoms with Crippen molar-refractivity contribution < 1.29 is 22.8 Å². The Morgan fingerprint density at radius 1 is 1.19 bits per heavy atom. The van der Waals surface area contributed by atoms with Crippen LogP contribution in [0.15, 0.2) is 17.1 Å². The summed E-state index contributed by atoms with van der Waals surface area (Å²) >= 11 is 0. The Balaban J connectivity index is 2.02. The van der Waals surface area contributed by atoms with Crippen LogP contribution in [0.1, 0.15) is 39.2 Å². The summed E-state index contributed by atoms with van der Waals surface area (Å²) in [5.74, 6) is -0.990. The van der Waals surface area contributed by atoms with Crippen molar-refractivity contribution in [2.45, 2.75) is 39.8 Å². The minimum absolute atomic E-state index is 0.00863. The summed E-state index contributed by atoms with van der Waals surface area (Å²) in [4.78, 5) is 39.9. The largest absolute Gasteiger partial charge is 0.417 e. The summed E-state index contributed by atoms with van der Waals surface area (Å²) in [6.45, 7) is 6.23. The van der Waals surface area contributed by atoms with Gasteiger partial charge in [-0.15, -0.1) is 0 Å². The average Bonchev–Trinajstić information content (AvgIpc) is 2.54. The quantitative estimate of drug-likeness (QED) is 0.836. The van der Waals surface area contributed by atoms with Crippen molar-refractivity contribution in [3.8, 4) is 0 Å². The molecule has 2 N–H and O–H groups in total. The molecule has 0 spiro atoms. The Morgan fingerprint density at radius 2 is 1.77 bits per heavy atom. The van der Waals surface area contributed by atoms with Crippen molar-refractivity contribution in [1.29, 1.82) is 0 Å². The number of hydrogen-bond acceptors (Lipinski definition) is 3. The highest BCUT2D eigenvalue weighted by Gasteiger charge is 2.34. The summed E-state index contributed by atoms with van der Waals surface area (Å²) in [5.41, 5.74) is -2.79. The maximum atomic E-state index is 12.7. The summed E-state index contributed by atoms with van der Waals surface area (Å²) < 4.78 is 38.2. The number of hydrogen-bond donors (Lipinski definition) is 2. The maximum absolute atomic E-state index is 12.7. The van der Waals surface area contributed by atoms with Gasteiger partial charge in [-0.05, 0) is 18.9 Å². The van der Waals surface area contributed by atoms with Gasteiger partial charge in [-0.25, -0.2) is 0 Å². The minimum Gasteiger partial charge on any atom is -0.342 e. The second kappa shape index (κ2) is 7.13. The highest BCUT2D eigenvalue weighted by molar-refractivity contribution is 5.92. The first kappa shape index (κ1) is 20.0. The van der Waals surface area contributed by atoms with Gasteiger partial charge in [0, 0.05) is 30.6 Å². The van der Waals surface area contributed by atoms with E-state index in [2.05, 4.69) is 5.32 Å². The van der Waals surface area contributed by atoms with Crippen LogP contribution in [0.3, 0.4) is 0 Å². The number of piperidine rings is 1. The zero-order chi connectivity index (χ0) is 19.7. The minimum atomic E-state index is -4.62. The lowest BCUT2D eigenvalue weighted by atomic mass is 9.90. The third-order valence-electron chi connectivity index (χ3n) is 4.28. The van der Waals surface area contributed by atoms with Crippen molar-refractivity contribution in [2.75, 3.05) is 18.4 Å². The average molecular weight is 373 g/mol. The molecule has 2 amide bonds. The maximum Gasteiger partial charge on any atom is 0.417 e. The Labute approximate surface area is 148 Å². The highest BCUT2D eigenvalue weighted by Crippen LogP contribution is 2.29. The molecule has 0 aromatic carbocycles. The molecule has 2 rings (SSSR count). The van der Waals surface area contributed by atoms with Crippen LogP contribution in [0.5, 0.6) is 0 Å². The van der Waals surface area contributed by atoms with Crippen molar-refractivity contribution in [1.82, 2.24) is 9.88 Å². The molecule has 1 aromatic heterocycles. The number of rotatable bonds is 2. The predicted octanol–water partition coefficient (Wildman–Crippen LogP) is 2.62. The van der Waals surface area contributed by atoms with Gasteiger partial charge >= 0.3 is 6.18 Å². The van der Waals surface area contributed by atoms with E-state index in [-0.39, 0.29) is 5.91 Å². The SMILES string of the molecule is CC(C)(C)C(=O)N1CCC(C(=O)Nc2cc(C(F)(F)F)c[nH]c2=O)CC1. The van der Waals surface area contributed by atoms with E-state index in [4.69, 9.17) is 0 Å². The van der Waals surface area contributed by atoms with Gasteiger partial charge in [0.25, 0.3) is 5.56 Å². The number of aromatic amines is 1. The first-order chi connectivity index (χ1) is 11.9. The van der Waals surface area contributed by atoms with Crippen LogP contribution < -0.4 is 10.9 Å². The fourth-order valence-electron chi connectivity index (χ4n) is 2.79. The fraction of sp³-hybridized carbons (Fsp3) is 0.588. The molecule has 0 bridgehead atoms. The lowest BCUT2D eigenvalue weighted by Gasteiger charge is -2.35. The van der Waals surface area contributed by atoms with Gasteiger partial charge in [0.05, 0.1) is 5.56 Å². The van der Waals surface area contributed by atoms with Crippen LogP contribution in [0, 0.1) is 11.3 Å². The molecule has 1 aromatic rings. The second-order valence-corrected chi connectivity index (χ2v) is 7.43. The molecule has 1 aliphatic rings. The zero-order valence-electron chi connectivity index (χ0n) is 14.9. The van der Waals surface area contributed by atoms with Gasteiger partial charge in [0.2, 0.25) is 11.8 Å². The van der Waals surface area contributed by atoms with Gasteiger partial charge < -0.3 is 15.2 Å². The number of H-pyrrole nitrogens is 1. The Bertz CT molecular complexity index is 742. The molecule has 2 heterocycles. The molecular formula is C17H22F3N3O3. The Morgan fingerprint density at radius 3 is 2.27 bits per heavy atom. The second-order valence-electron chi connectivity index (χ2n) is 7.43. The molecule has 1 fully saturated rings. The number of nitrogens with one attached hydrogen (secondary N) is 2. The Kier molecular flexibility index (Phi) is 5.48. The highest BCUT2D eigenvalue weighted by atomic mass is 19.4.